The van der Waals surface area contributed by atoms with Gasteiger partial charge in [-0.2, -0.15) is 0 Å². The second-order valence-corrected chi connectivity index (χ2v) is 5.03. The second kappa shape index (κ2) is 6.40. The summed E-state index contributed by atoms with van der Waals surface area (Å²) < 4.78 is 5.38. The van der Waals surface area contributed by atoms with Crippen molar-refractivity contribution in [1.29, 1.82) is 0 Å². The molecule has 100 valence electrons. The van der Waals surface area contributed by atoms with Crippen LogP contribution in [0.3, 0.4) is 0 Å². The standard InChI is InChI=1S/C14H21NO3/c1-5-11-7-6-8-12(9-11)17-10-13(16)15-18-14(2,3)4/h6-9H,5,10H2,1-4H3,(H,15,16). The average Bonchev–Trinajstić information content (AvgIpc) is 2.33. The van der Waals surface area contributed by atoms with Crippen molar-refractivity contribution in [2.45, 2.75) is 39.7 Å². The number of ether oxygens (including phenoxy) is 1. The van der Waals surface area contributed by atoms with E-state index < -0.39 is 5.60 Å². The maximum absolute atomic E-state index is 11.5. The minimum absolute atomic E-state index is 0.0523. The van der Waals surface area contributed by atoms with Crippen LogP contribution >= 0.6 is 0 Å². The summed E-state index contributed by atoms with van der Waals surface area (Å²) in [6.07, 6.45) is 0.941. The third-order valence-electron chi connectivity index (χ3n) is 2.15. The first-order valence-electron chi connectivity index (χ1n) is 6.09. The lowest BCUT2D eigenvalue weighted by molar-refractivity contribution is -0.147. The summed E-state index contributed by atoms with van der Waals surface area (Å²) in [5, 5.41) is 0. The Morgan fingerprint density at radius 3 is 2.67 bits per heavy atom. The predicted octanol–water partition coefficient (Wildman–Crippen LogP) is 2.47. The van der Waals surface area contributed by atoms with Gasteiger partial charge in [-0.05, 0) is 44.9 Å². The van der Waals surface area contributed by atoms with Crippen molar-refractivity contribution in [1.82, 2.24) is 5.48 Å². The Hall–Kier alpha value is -1.55. The number of carbonyl (C=O) groups excluding carboxylic acids is 1. The summed E-state index contributed by atoms with van der Waals surface area (Å²) in [7, 11) is 0. The van der Waals surface area contributed by atoms with E-state index in [1.54, 1.807) is 0 Å². The SMILES string of the molecule is CCc1cccc(OCC(=O)NOC(C)(C)C)c1. The highest BCUT2D eigenvalue weighted by Crippen LogP contribution is 2.13. The van der Waals surface area contributed by atoms with E-state index in [1.807, 2.05) is 45.0 Å². The quantitative estimate of drug-likeness (QED) is 0.818. The molecule has 0 saturated carbocycles. The van der Waals surface area contributed by atoms with Gasteiger partial charge in [0.05, 0.1) is 5.60 Å². The van der Waals surface area contributed by atoms with Crippen LogP contribution in [-0.4, -0.2) is 18.1 Å². The summed E-state index contributed by atoms with van der Waals surface area (Å²) in [5.74, 6) is 0.395. The van der Waals surface area contributed by atoms with Gasteiger partial charge in [-0.25, -0.2) is 5.48 Å². The molecule has 0 aromatic heterocycles. The fraction of sp³-hybridized carbons (Fsp3) is 0.500. The molecule has 1 aromatic rings. The molecule has 4 nitrogen and oxygen atoms in total. The first kappa shape index (κ1) is 14.5. The summed E-state index contributed by atoms with van der Waals surface area (Å²) >= 11 is 0. The summed E-state index contributed by atoms with van der Waals surface area (Å²) in [5.41, 5.74) is 3.13. The second-order valence-electron chi connectivity index (χ2n) is 5.03. The Morgan fingerprint density at radius 2 is 2.06 bits per heavy atom. The highest BCUT2D eigenvalue weighted by atomic mass is 16.7. The molecular formula is C14H21NO3. The Labute approximate surface area is 108 Å². The molecule has 0 aliphatic heterocycles. The van der Waals surface area contributed by atoms with Crippen LogP contribution in [0.25, 0.3) is 0 Å². The van der Waals surface area contributed by atoms with Crippen LogP contribution in [0.1, 0.15) is 33.3 Å². The normalized spacial score (nSPS) is 11.1. The van der Waals surface area contributed by atoms with Gasteiger partial charge in [0.1, 0.15) is 5.75 Å². The van der Waals surface area contributed by atoms with Crippen LogP contribution in [0.2, 0.25) is 0 Å². The van der Waals surface area contributed by atoms with E-state index in [2.05, 4.69) is 12.4 Å². The number of amides is 1. The molecule has 0 saturated heterocycles. The number of nitrogens with one attached hydrogen (secondary N) is 1. The van der Waals surface area contributed by atoms with Gasteiger partial charge in [-0.15, -0.1) is 0 Å². The molecule has 1 N–H and O–H groups in total. The molecule has 0 atom stereocenters. The predicted molar refractivity (Wildman–Crippen MR) is 70.3 cm³/mol. The Morgan fingerprint density at radius 1 is 1.33 bits per heavy atom. The van der Waals surface area contributed by atoms with Crippen molar-refractivity contribution in [3.63, 3.8) is 0 Å². The van der Waals surface area contributed by atoms with E-state index >= 15 is 0 Å². The van der Waals surface area contributed by atoms with E-state index in [-0.39, 0.29) is 12.5 Å². The van der Waals surface area contributed by atoms with Crippen LogP contribution in [0.4, 0.5) is 0 Å². The van der Waals surface area contributed by atoms with Gasteiger partial charge < -0.3 is 4.74 Å². The maximum atomic E-state index is 11.5. The van der Waals surface area contributed by atoms with Gasteiger partial charge in [-0.1, -0.05) is 19.1 Å². The Kier molecular flexibility index (Phi) is 5.16. The summed E-state index contributed by atoms with van der Waals surface area (Å²) in [4.78, 5) is 16.6. The van der Waals surface area contributed by atoms with E-state index in [9.17, 15) is 4.79 Å². The number of carbonyl (C=O) groups is 1. The van der Waals surface area contributed by atoms with Crippen LogP contribution in [0.5, 0.6) is 5.75 Å². The zero-order chi connectivity index (χ0) is 13.6. The largest absolute Gasteiger partial charge is 0.484 e. The van der Waals surface area contributed by atoms with Gasteiger partial charge in [0.15, 0.2) is 6.61 Å². The molecule has 4 heteroatoms. The first-order valence-corrected chi connectivity index (χ1v) is 6.09. The lowest BCUT2D eigenvalue weighted by Gasteiger charge is -2.18. The van der Waals surface area contributed by atoms with Crippen molar-refractivity contribution < 1.29 is 14.4 Å². The highest BCUT2D eigenvalue weighted by molar-refractivity contribution is 5.76. The van der Waals surface area contributed by atoms with Gasteiger partial charge >= 0.3 is 0 Å². The van der Waals surface area contributed by atoms with Crippen molar-refractivity contribution >= 4 is 5.91 Å². The third-order valence-corrected chi connectivity index (χ3v) is 2.15. The third kappa shape index (κ3) is 5.68. The van der Waals surface area contributed by atoms with Crippen LogP contribution in [0.15, 0.2) is 24.3 Å². The van der Waals surface area contributed by atoms with E-state index in [1.165, 1.54) is 5.56 Å². The van der Waals surface area contributed by atoms with E-state index in [0.717, 1.165) is 6.42 Å². The molecule has 0 radical (unpaired) electrons. The van der Waals surface area contributed by atoms with E-state index in [4.69, 9.17) is 9.57 Å². The molecule has 0 heterocycles. The fourth-order valence-corrected chi connectivity index (χ4v) is 1.24. The molecule has 1 rings (SSSR count). The van der Waals surface area contributed by atoms with E-state index in [0.29, 0.717) is 5.75 Å². The molecule has 0 spiro atoms. The van der Waals surface area contributed by atoms with Gasteiger partial charge in [0.25, 0.3) is 5.91 Å². The molecular weight excluding hydrogens is 230 g/mol. The smallest absolute Gasteiger partial charge is 0.281 e. The summed E-state index contributed by atoms with van der Waals surface area (Å²) in [6, 6.07) is 7.70. The minimum atomic E-state index is -0.405. The number of hydrogen-bond acceptors (Lipinski definition) is 3. The first-order chi connectivity index (χ1) is 8.40. The number of aryl methyl sites for hydroxylation is 1. The number of benzene rings is 1. The van der Waals surface area contributed by atoms with Crippen molar-refractivity contribution in [3.8, 4) is 5.75 Å². The monoisotopic (exact) mass is 251 g/mol. The number of hydroxylamine groups is 1. The Balaban J connectivity index is 2.38. The topological polar surface area (TPSA) is 47.6 Å². The van der Waals surface area contributed by atoms with Crippen LogP contribution in [0, 0.1) is 0 Å². The van der Waals surface area contributed by atoms with Crippen molar-refractivity contribution in [2.75, 3.05) is 6.61 Å². The molecule has 1 amide bonds. The molecule has 0 bridgehead atoms. The zero-order valence-electron chi connectivity index (χ0n) is 11.4. The molecule has 1 aromatic carbocycles. The Bertz CT molecular complexity index is 396. The lowest BCUT2D eigenvalue weighted by Crippen LogP contribution is -2.36. The number of rotatable bonds is 5. The lowest BCUT2D eigenvalue weighted by atomic mass is 10.2. The van der Waals surface area contributed by atoms with Gasteiger partial charge in [0.2, 0.25) is 0 Å². The summed E-state index contributed by atoms with van der Waals surface area (Å²) in [6.45, 7) is 7.60. The average molecular weight is 251 g/mol. The fourth-order valence-electron chi connectivity index (χ4n) is 1.24. The van der Waals surface area contributed by atoms with Crippen LogP contribution < -0.4 is 10.2 Å². The van der Waals surface area contributed by atoms with Gasteiger partial charge in [-0.3, -0.25) is 9.63 Å². The molecule has 0 fully saturated rings. The van der Waals surface area contributed by atoms with Crippen LogP contribution in [-0.2, 0) is 16.1 Å². The maximum Gasteiger partial charge on any atom is 0.281 e. The molecule has 0 aliphatic carbocycles. The van der Waals surface area contributed by atoms with Crippen molar-refractivity contribution in [2.24, 2.45) is 0 Å². The highest BCUT2D eigenvalue weighted by Gasteiger charge is 2.13. The molecule has 0 aliphatic rings. The molecule has 18 heavy (non-hydrogen) atoms. The minimum Gasteiger partial charge on any atom is -0.484 e. The number of hydrogen-bond donors (Lipinski definition) is 1. The van der Waals surface area contributed by atoms with Gasteiger partial charge in [0, 0.05) is 0 Å². The molecule has 0 unspecified atom stereocenters. The zero-order valence-corrected chi connectivity index (χ0v) is 11.4. The van der Waals surface area contributed by atoms with Crippen molar-refractivity contribution in [3.05, 3.63) is 29.8 Å².